The molecule has 0 bridgehead atoms. The first-order chi connectivity index (χ1) is 13.6. The smallest absolute Gasteiger partial charge is 0.417 e. The van der Waals surface area contributed by atoms with Crippen LogP contribution in [-0.4, -0.2) is 17.3 Å². The van der Waals surface area contributed by atoms with Crippen molar-refractivity contribution in [3.05, 3.63) is 74.3 Å². The molecule has 0 spiro atoms. The second-order valence-corrected chi connectivity index (χ2v) is 7.02. The van der Waals surface area contributed by atoms with Crippen molar-refractivity contribution in [2.75, 3.05) is 0 Å². The van der Waals surface area contributed by atoms with Crippen LogP contribution in [0.25, 0.3) is 5.83 Å². The molecule has 0 heterocycles. The molecule has 11 heteroatoms. The van der Waals surface area contributed by atoms with Crippen molar-refractivity contribution in [1.82, 2.24) is 0 Å². The Morgan fingerprint density at radius 1 is 1.07 bits per heavy atom. The molecule has 1 unspecified atom stereocenters. The van der Waals surface area contributed by atoms with E-state index in [1.807, 2.05) is 0 Å². The second-order valence-electron chi connectivity index (χ2n) is 6.23. The van der Waals surface area contributed by atoms with Crippen LogP contribution in [0.2, 0.25) is 10.0 Å². The number of hydrogen-bond donors (Lipinski definition) is 1. The molecule has 2 nitrogen and oxygen atoms in total. The fourth-order valence-corrected chi connectivity index (χ4v) is 3.05. The zero-order valence-corrected chi connectivity index (χ0v) is 16.3. The van der Waals surface area contributed by atoms with Gasteiger partial charge in [-0.3, -0.25) is 0 Å². The first-order valence-electron chi connectivity index (χ1n) is 7.97. The SMILES string of the molecule is Cc1cc(C(/C=C(\F)c2ccc(C(=O)O)c(C(F)(F)F)c2)C(F)(F)F)cc(Cl)c1Cl. The molecule has 162 valence electrons. The Bertz CT molecular complexity index is 988. The molecule has 0 amide bonds. The second kappa shape index (κ2) is 8.47. The van der Waals surface area contributed by atoms with E-state index in [0.29, 0.717) is 12.1 Å². The number of carboxylic acid groups (broad SMARTS) is 1. The molecule has 0 aliphatic rings. The van der Waals surface area contributed by atoms with Gasteiger partial charge in [-0.25, -0.2) is 9.18 Å². The van der Waals surface area contributed by atoms with E-state index in [0.717, 1.165) is 12.1 Å². The van der Waals surface area contributed by atoms with E-state index in [9.17, 15) is 35.5 Å². The van der Waals surface area contributed by atoms with Crippen LogP contribution in [0.3, 0.4) is 0 Å². The highest BCUT2D eigenvalue weighted by Crippen LogP contribution is 2.41. The number of allylic oxidation sites excluding steroid dienone is 1. The molecule has 0 fully saturated rings. The number of aromatic carboxylic acids is 1. The van der Waals surface area contributed by atoms with E-state index in [4.69, 9.17) is 28.3 Å². The number of hydrogen-bond acceptors (Lipinski definition) is 1. The summed E-state index contributed by atoms with van der Waals surface area (Å²) in [4.78, 5) is 11.0. The van der Waals surface area contributed by atoms with Crippen molar-refractivity contribution in [2.45, 2.75) is 25.2 Å². The Morgan fingerprint density at radius 3 is 2.13 bits per heavy atom. The quantitative estimate of drug-likeness (QED) is 0.461. The van der Waals surface area contributed by atoms with Crippen LogP contribution in [-0.2, 0) is 6.18 Å². The van der Waals surface area contributed by atoms with Gasteiger partial charge in [0.25, 0.3) is 0 Å². The minimum absolute atomic E-state index is 0.00451. The summed E-state index contributed by atoms with van der Waals surface area (Å²) in [5.74, 6) is -6.08. The summed E-state index contributed by atoms with van der Waals surface area (Å²) in [5, 5.41) is 8.65. The fourth-order valence-electron chi connectivity index (χ4n) is 2.67. The summed E-state index contributed by atoms with van der Waals surface area (Å²) < 4.78 is 94.4. The third kappa shape index (κ3) is 5.26. The van der Waals surface area contributed by atoms with Crippen LogP contribution in [0.15, 0.2) is 36.4 Å². The molecule has 1 N–H and O–H groups in total. The third-order valence-corrected chi connectivity index (χ3v) is 4.98. The van der Waals surface area contributed by atoms with Gasteiger partial charge in [0.05, 0.1) is 21.2 Å². The predicted octanol–water partition coefficient (Wildman–Crippen LogP) is 7.68. The summed E-state index contributed by atoms with van der Waals surface area (Å²) in [6, 6.07) is 3.18. The van der Waals surface area contributed by atoms with Crippen molar-refractivity contribution in [1.29, 1.82) is 0 Å². The summed E-state index contributed by atoms with van der Waals surface area (Å²) >= 11 is 11.6. The molecule has 0 aromatic heterocycles. The normalized spacial score (nSPS) is 14.0. The van der Waals surface area contributed by atoms with E-state index in [1.165, 1.54) is 6.92 Å². The zero-order valence-electron chi connectivity index (χ0n) is 14.8. The molecule has 0 aliphatic carbocycles. The van der Waals surface area contributed by atoms with Crippen LogP contribution in [0.1, 0.15) is 38.5 Å². The van der Waals surface area contributed by atoms with Crippen LogP contribution in [0, 0.1) is 6.92 Å². The monoisotopic (exact) mass is 474 g/mol. The molecule has 1 atom stereocenters. The van der Waals surface area contributed by atoms with Crippen LogP contribution in [0.4, 0.5) is 30.7 Å². The standard InChI is InChI=1S/C19H11Cl2F7O2/c1-8-4-10(6-14(20)16(8)21)12(18(23,24)25)7-15(22)9-2-3-11(17(29)30)13(5-9)19(26,27)28/h2-7,12H,1H3,(H,29,30)/b15-7-. The Morgan fingerprint density at radius 2 is 1.67 bits per heavy atom. The lowest BCUT2D eigenvalue weighted by molar-refractivity contribution is -0.140. The molecule has 2 rings (SSSR count). The van der Waals surface area contributed by atoms with E-state index in [2.05, 4.69) is 0 Å². The average Bonchev–Trinajstić information content (AvgIpc) is 2.61. The van der Waals surface area contributed by atoms with Crippen LogP contribution >= 0.6 is 23.2 Å². The van der Waals surface area contributed by atoms with Gasteiger partial charge in [0, 0.05) is 5.56 Å². The van der Waals surface area contributed by atoms with Crippen LogP contribution < -0.4 is 0 Å². The number of alkyl halides is 6. The Kier molecular flexibility index (Phi) is 6.78. The third-order valence-electron chi connectivity index (χ3n) is 4.09. The van der Waals surface area contributed by atoms with Gasteiger partial charge < -0.3 is 5.11 Å². The Labute approximate surface area is 175 Å². The maximum absolute atomic E-state index is 14.6. The Hall–Kier alpha value is -2.26. The molecule has 0 saturated heterocycles. The minimum atomic E-state index is -5.16. The number of aryl methyl sites for hydroxylation is 1. The highest BCUT2D eigenvalue weighted by atomic mass is 35.5. The van der Waals surface area contributed by atoms with Gasteiger partial charge >= 0.3 is 18.3 Å². The summed E-state index contributed by atoms with van der Waals surface area (Å²) in [5.41, 5.74) is -4.00. The maximum Gasteiger partial charge on any atom is 0.417 e. The van der Waals surface area contributed by atoms with Crippen molar-refractivity contribution in [3.63, 3.8) is 0 Å². The fraction of sp³-hybridized carbons (Fsp3) is 0.211. The summed E-state index contributed by atoms with van der Waals surface area (Å²) in [6.07, 6.45) is -10.1. The largest absolute Gasteiger partial charge is 0.478 e. The lowest BCUT2D eigenvalue weighted by Crippen LogP contribution is -2.19. The van der Waals surface area contributed by atoms with Crippen molar-refractivity contribution < 1.29 is 40.6 Å². The maximum atomic E-state index is 14.6. The van der Waals surface area contributed by atoms with Gasteiger partial charge in [-0.1, -0.05) is 35.3 Å². The number of rotatable bonds is 4. The molecule has 0 radical (unpaired) electrons. The van der Waals surface area contributed by atoms with Crippen molar-refractivity contribution in [3.8, 4) is 0 Å². The van der Waals surface area contributed by atoms with Gasteiger partial charge in [0.1, 0.15) is 11.7 Å². The topological polar surface area (TPSA) is 37.3 Å². The number of benzene rings is 2. The highest BCUT2D eigenvalue weighted by molar-refractivity contribution is 6.42. The van der Waals surface area contributed by atoms with Gasteiger partial charge in [0.15, 0.2) is 0 Å². The number of carboxylic acids is 1. The molecular weight excluding hydrogens is 464 g/mol. The van der Waals surface area contributed by atoms with E-state index in [1.54, 1.807) is 0 Å². The van der Waals surface area contributed by atoms with Crippen molar-refractivity contribution >= 4 is 35.0 Å². The lowest BCUT2D eigenvalue weighted by Gasteiger charge is -2.19. The highest BCUT2D eigenvalue weighted by Gasteiger charge is 2.41. The summed E-state index contributed by atoms with van der Waals surface area (Å²) in [6.45, 7) is 1.38. The van der Waals surface area contributed by atoms with Gasteiger partial charge in [-0.05, 0) is 42.3 Å². The Balaban J connectivity index is 2.62. The molecule has 2 aromatic rings. The van der Waals surface area contributed by atoms with Crippen molar-refractivity contribution in [2.24, 2.45) is 0 Å². The van der Waals surface area contributed by atoms with E-state index < -0.39 is 52.3 Å². The minimum Gasteiger partial charge on any atom is -0.478 e. The molecule has 30 heavy (non-hydrogen) atoms. The predicted molar refractivity (Wildman–Crippen MR) is 97.5 cm³/mol. The zero-order chi connectivity index (χ0) is 23.0. The average molecular weight is 475 g/mol. The molecule has 0 saturated carbocycles. The molecular formula is C19H11Cl2F7O2. The van der Waals surface area contributed by atoms with Crippen LogP contribution in [0.5, 0.6) is 0 Å². The van der Waals surface area contributed by atoms with E-state index in [-0.39, 0.29) is 27.8 Å². The number of halogens is 9. The number of carbonyl (C=O) groups is 1. The van der Waals surface area contributed by atoms with Gasteiger partial charge in [-0.2, -0.15) is 26.3 Å². The molecule has 0 aliphatic heterocycles. The molecule has 2 aromatic carbocycles. The lowest BCUT2D eigenvalue weighted by atomic mass is 9.94. The van der Waals surface area contributed by atoms with Gasteiger partial charge in [-0.15, -0.1) is 0 Å². The first-order valence-corrected chi connectivity index (χ1v) is 8.73. The first kappa shape index (κ1) is 24.0. The van der Waals surface area contributed by atoms with E-state index >= 15 is 0 Å². The van der Waals surface area contributed by atoms with Gasteiger partial charge in [0.2, 0.25) is 0 Å². The summed E-state index contributed by atoms with van der Waals surface area (Å²) in [7, 11) is 0.